The summed E-state index contributed by atoms with van der Waals surface area (Å²) in [6.45, 7) is 36.3. The number of fused-ring (bicyclic) bond motifs is 2. The quantitative estimate of drug-likeness (QED) is 0.0825. The molecule has 0 N–H and O–H groups in total. The molecule has 4 aliphatic heterocycles. The normalized spacial score (nSPS) is 43.7. The smallest absolute Gasteiger partial charge is 0.459 e. The van der Waals surface area contributed by atoms with E-state index < -0.39 is 118 Å². The van der Waals surface area contributed by atoms with Crippen molar-refractivity contribution in [2.24, 2.45) is 23.7 Å². The summed E-state index contributed by atoms with van der Waals surface area (Å²) in [7, 11) is 4.62. The minimum Gasteiger partial charge on any atom is -0.459 e. The third-order valence-corrected chi connectivity index (χ3v) is 16.7. The molecule has 4 aliphatic rings. The van der Waals surface area contributed by atoms with Gasteiger partial charge in [0.2, 0.25) is 0 Å². The number of methoxy groups -OCH3 is 3. The van der Waals surface area contributed by atoms with Gasteiger partial charge in [-0.1, -0.05) is 40.3 Å². The van der Waals surface area contributed by atoms with Crippen LogP contribution in [0.15, 0.2) is 12.7 Å². The average molecular weight is 990 g/mol. The van der Waals surface area contributed by atoms with Gasteiger partial charge in [0.05, 0.1) is 42.0 Å². The van der Waals surface area contributed by atoms with Crippen LogP contribution in [0.5, 0.6) is 0 Å². The molecule has 0 saturated carbocycles. The molecule has 0 aromatic rings. The molecule has 0 aromatic heterocycles. The fourth-order valence-electron chi connectivity index (χ4n) is 11.3. The average Bonchev–Trinajstić information content (AvgIpc) is 3.45. The second-order valence-electron chi connectivity index (χ2n) is 22.6. The van der Waals surface area contributed by atoms with Crippen LogP contribution in [0.1, 0.15) is 94.9 Å². The maximum Gasteiger partial charge on any atom is 0.509 e. The molecule has 67 heavy (non-hydrogen) atoms. The molecule has 19 atom stereocenters. The first-order valence-corrected chi connectivity index (χ1v) is 31.4. The molecule has 4 heterocycles. The molecule has 2 bridgehead atoms. The molecule has 4 rings (SSSR count). The third-order valence-electron chi connectivity index (χ3n) is 14.7. The van der Waals surface area contributed by atoms with E-state index in [1.54, 1.807) is 28.3 Å². The first kappa shape index (κ1) is 58.0. The van der Waals surface area contributed by atoms with Gasteiger partial charge in [0, 0.05) is 51.5 Å². The van der Waals surface area contributed by atoms with E-state index in [9.17, 15) is 4.79 Å². The van der Waals surface area contributed by atoms with E-state index in [1.807, 2.05) is 41.5 Å². The van der Waals surface area contributed by atoms with Crippen molar-refractivity contribution < 1.29 is 70.5 Å². The van der Waals surface area contributed by atoms with Gasteiger partial charge < -0.3 is 65.9 Å². The number of nitrogens with zero attached hydrogens (tertiary/aromatic N) is 1. The van der Waals surface area contributed by atoms with Crippen molar-refractivity contribution in [3.63, 3.8) is 0 Å². The van der Waals surface area contributed by atoms with E-state index in [1.165, 1.54) is 6.08 Å². The number of hydrogen-bond acceptors (Lipinski definition) is 16. The van der Waals surface area contributed by atoms with Crippen molar-refractivity contribution >= 4 is 28.8 Å². The summed E-state index contributed by atoms with van der Waals surface area (Å²) in [4.78, 5) is 30.0. The van der Waals surface area contributed by atoms with Gasteiger partial charge in [0.15, 0.2) is 41.1 Å². The molecule has 0 amide bonds. The summed E-state index contributed by atoms with van der Waals surface area (Å²) < 4.78 is 86.5. The molecule has 0 radical (unpaired) electrons. The van der Waals surface area contributed by atoms with E-state index in [-0.39, 0.29) is 37.0 Å². The lowest BCUT2D eigenvalue weighted by molar-refractivity contribution is -0.322. The van der Waals surface area contributed by atoms with Gasteiger partial charge in [0.25, 0.3) is 0 Å². The Kier molecular flexibility index (Phi) is 19.5. The highest BCUT2D eigenvalue weighted by Crippen LogP contribution is 2.54. The minimum absolute atomic E-state index is 0.0144. The monoisotopic (exact) mass is 990 g/mol. The second-order valence-corrected chi connectivity index (χ2v) is 31.5. The van der Waals surface area contributed by atoms with Crippen LogP contribution in [-0.4, -0.2) is 166 Å². The number of carbonyl (C=O) groups is 2. The van der Waals surface area contributed by atoms with Crippen LogP contribution in [0.25, 0.3) is 0 Å². The maximum atomic E-state index is 15.1. The van der Waals surface area contributed by atoms with Gasteiger partial charge in [-0.05, 0) is 114 Å². The molecule has 16 nitrogen and oxygen atoms in total. The predicted octanol–water partition coefficient (Wildman–Crippen LogP) is 8.32. The number of carbonyl (C=O) groups excluding carboxylic acids is 2. The Morgan fingerprint density at radius 3 is 1.94 bits per heavy atom. The van der Waals surface area contributed by atoms with Gasteiger partial charge >= 0.3 is 12.1 Å². The van der Waals surface area contributed by atoms with Gasteiger partial charge in [0.1, 0.15) is 30.0 Å². The van der Waals surface area contributed by atoms with Crippen molar-refractivity contribution in [1.82, 2.24) is 4.90 Å². The van der Waals surface area contributed by atoms with Crippen molar-refractivity contribution in [2.45, 2.75) is 224 Å². The first-order valence-electron chi connectivity index (χ1n) is 24.5. The minimum atomic E-state index is -2.23. The lowest BCUT2D eigenvalue weighted by Crippen LogP contribution is -2.62. The zero-order valence-corrected chi connectivity index (χ0v) is 47.1. The molecular weight excluding hydrogens is 899 g/mol. The van der Waals surface area contributed by atoms with Crippen molar-refractivity contribution in [3.8, 4) is 0 Å². The van der Waals surface area contributed by atoms with E-state index >= 15 is 4.79 Å². The van der Waals surface area contributed by atoms with Crippen LogP contribution in [0.4, 0.5) is 4.79 Å². The van der Waals surface area contributed by atoms with Crippen LogP contribution in [0, 0.1) is 23.7 Å². The lowest BCUT2D eigenvalue weighted by Gasteiger charge is -2.51. The summed E-state index contributed by atoms with van der Waals surface area (Å²) in [5, 5.41) is 0. The standard InChI is InChI=1S/C49H91NO15Si2/c1-23-25-56-45(52)62-42-34(8)58-37(28-47(42,10)54-15)60-38-31(5)40(61-44-39(63-66(17,18)19)35(50(12)13)26-30(4)57-44)46(9,53-14)27-29(3)49(55-16)33(7)41(64-67(20,21)22)48(11,65-49)36(24-2)59-43(51)32(38)6/h23,29-42,44H,1,24-28H2,2-22H3/t29-,30-,31+,32+,33-,34-,35+,36-,37+,38+,39+,40-,41-,42+,44+,46+,47-,48+,49?/m0/s1. The van der Waals surface area contributed by atoms with Gasteiger partial charge in [-0.3, -0.25) is 4.79 Å². The Hall–Kier alpha value is -1.53. The second kappa shape index (κ2) is 22.5. The molecule has 4 fully saturated rings. The Morgan fingerprint density at radius 1 is 0.821 bits per heavy atom. The van der Waals surface area contributed by atoms with Crippen molar-refractivity contribution in [1.29, 1.82) is 0 Å². The zero-order chi connectivity index (χ0) is 50.8. The first-order chi connectivity index (χ1) is 30.9. The van der Waals surface area contributed by atoms with E-state index in [0.717, 1.165) is 6.42 Å². The topological polar surface area (TPSA) is 157 Å². The highest BCUT2D eigenvalue weighted by atomic mass is 28.4. The molecular formula is C49H91NO15Si2. The third kappa shape index (κ3) is 12.9. The van der Waals surface area contributed by atoms with Gasteiger partial charge in [-0.2, -0.15) is 0 Å². The highest BCUT2D eigenvalue weighted by Gasteiger charge is 2.67. The maximum absolute atomic E-state index is 15.1. The Labute approximate surface area is 405 Å². The SMILES string of the molecule is C=CCOC(=O)O[C@@H]1[C@H](C)O[C@H](O[C@@H]2[C@@H](C)[C@H](O[C@H]3O[C@@H](C)C[C@@H](N(C)C)[C@H]3O[Si](C)(C)C)[C@](C)(OC)C[C@H](C)C3(OC)O[C@](C)([C@H](CC)OC(=O)[C@@H]2C)[C@@H](O[Si](C)(C)C)[C@@H]3C)C[C@]1(C)OC. The van der Waals surface area contributed by atoms with Gasteiger partial charge in [-0.25, -0.2) is 4.79 Å². The molecule has 0 aromatic carbocycles. The Morgan fingerprint density at radius 2 is 1.42 bits per heavy atom. The highest BCUT2D eigenvalue weighted by molar-refractivity contribution is 6.70. The lowest BCUT2D eigenvalue weighted by atomic mass is 9.73. The number of likely N-dealkylation sites (N-methyl/N-ethyl adjacent to an activating group) is 1. The number of rotatable bonds is 16. The van der Waals surface area contributed by atoms with E-state index in [0.29, 0.717) is 12.8 Å². The van der Waals surface area contributed by atoms with Crippen molar-refractivity contribution in [2.75, 3.05) is 42.0 Å². The zero-order valence-electron chi connectivity index (χ0n) is 45.1. The van der Waals surface area contributed by atoms with E-state index in [4.69, 9.17) is 61.0 Å². The van der Waals surface area contributed by atoms with Crippen LogP contribution in [-0.2, 0) is 65.8 Å². The Bertz CT molecular complexity index is 1650. The fourth-order valence-corrected chi connectivity index (χ4v) is 13.6. The number of esters is 1. The number of cyclic esters (lactones) is 1. The van der Waals surface area contributed by atoms with Crippen LogP contribution >= 0.6 is 0 Å². The van der Waals surface area contributed by atoms with Crippen LogP contribution in [0.2, 0.25) is 39.3 Å². The summed E-state index contributed by atoms with van der Waals surface area (Å²) >= 11 is 0. The molecule has 18 heteroatoms. The molecule has 390 valence electrons. The number of ether oxygens (including phenoxy) is 11. The molecule has 4 saturated heterocycles. The largest absolute Gasteiger partial charge is 0.509 e. The van der Waals surface area contributed by atoms with E-state index in [2.05, 4.69) is 85.6 Å². The van der Waals surface area contributed by atoms with Crippen LogP contribution in [0.3, 0.4) is 0 Å². The predicted molar refractivity (Wildman–Crippen MR) is 259 cm³/mol. The molecule has 0 spiro atoms. The van der Waals surface area contributed by atoms with Crippen molar-refractivity contribution in [3.05, 3.63) is 12.7 Å². The summed E-state index contributed by atoms with van der Waals surface area (Å²) in [6, 6.07) is -0.0243. The van der Waals surface area contributed by atoms with Gasteiger partial charge in [-0.15, -0.1) is 0 Å². The van der Waals surface area contributed by atoms with Crippen LogP contribution < -0.4 is 0 Å². The number of hydrogen-bond donors (Lipinski definition) is 0. The fraction of sp³-hybridized carbons (Fsp3) is 0.918. The summed E-state index contributed by atoms with van der Waals surface area (Å²) in [5.74, 6) is -3.80. The Balaban J connectivity index is 1.95. The molecule has 1 unspecified atom stereocenters. The molecule has 0 aliphatic carbocycles. The summed E-state index contributed by atoms with van der Waals surface area (Å²) in [6.07, 6.45) is -4.60. The summed E-state index contributed by atoms with van der Waals surface area (Å²) in [5.41, 5.74) is -3.29.